The summed E-state index contributed by atoms with van der Waals surface area (Å²) in [4.78, 5) is 0. The molecule has 0 radical (unpaired) electrons. The van der Waals surface area contributed by atoms with E-state index in [0.29, 0.717) is 5.73 Å². The molecule has 0 spiro atoms. The van der Waals surface area contributed by atoms with E-state index >= 15 is 0 Å². The Kier molecular flexibility index (Phi) is 3.16. The minimum absolute atomic E-state index is 0.370. The average Bonchev–Trinajstić information content (AvgIpc) is 2.09. The third kappa shape index (κ3) is 2.27. The number of benzene rings is 1. The van der Waals surface area contributed by atoms with Gasteiger partial charge in [-0.15, -0.1) is 0 Å². The first-order valence-electron chi connectivity index (χ1n) is 4.25. The van der Waals surface area contributed by atoms with E-state index in [1.54, 1.807) is 0 Å². The zero-order valence-electron chi connectivity index (χ0n) is 7.58. The number of ether oxygens (including phenoxy) is 1. The smallest absolute Gasteiger partial charge is 0.142 e. The topological polar surface area (TPSA) is 35.2 Å². The fraction of sp³-hybridized carbons (Fsp3) is 0.333. The summed E-state index contributed by atoms with van der Waals surface area (Å²) < 4.78 is 5.63. The molecule has 1 rings (SSSR count). The molecule has 0 heterocycles. The van der Waals surface area contributed by atoms with Gasteiger partial charge in [0.05, 0.1) is 21.7 Å². The highest BCUT2D eigenvalue weighted by atomic mass is 28.1. The molecule has 0 aromatic heterocycles. The van der Waals surface area contributed by atoms with Crippen LogP contribution in [0.2, 0.25) is 0 Å². The third-order valence-corrected chi connectivity index (χ3v) is 2.87. The number of para-hydroxylation sites is 2. The van der Waals surface area contributed by atoms with Crippen LogP contribution in [0.15, 0.2) is 24.3 Å². The van der Waals surface area contributed by atoms with E-state index in [0.717, 1.165) is 28.1 Å². The molecule has 12 heavy (non-hydrogen) atoms. The lowest BCUT2D eigenvalue weighted by molar-refractivity contribution is 0.278. The molecule has 0 amide bonds. The van der Waals surface area contributed by atoms with Crippen molar-refractivity contribution in [3.05, 3.63) is 24.3 Å². The summed E-state index contributed by atoms with van der Waals surface area (Å²) in [6, 6.07) is 7.63. The second kappa shape index (κ2) is 4.16. The SMILES string of the molecule is CCC([SiH3])Oc1ccccc1N. The molecule has 2 nitrogen and oxygen atoms in total. The molecule has 0 saturated heterocycles. The van der Waals surface area contributed by atoms with E-state index in [9.17, 15) is 0 Å². The van der Waals surface area contributed by atoms with Gasteiger partial charge < -0.3 is 10.5 Å². The van der Waals surface area contributed by atoms with Crippen LogP contribution in [-0.2, 0) is 0 Å². The van der Waals surface area contributed by atoms with Gasteiger partial charge in [0.2, 0.25) is 0 Å². The summed E-state index contributed by atoms with van der Waals surface area (Å²) in [6.45, 7) is 2.12. The minimum atomic E-state index is 0.370. The van der Waals surface area contributed by atoms with Crippen LogP contribution in [0.1, 0.15) is 13.3 Å². The van der Waals surface area contributed by atoms with Gasteiger partial charge in [-0.05, 0) is 18.6 Å². The Morgan fingerprint density at radius 3 is 2.75 bits per heavy atom. The van der Waals surface area contributed by atoms with Crippen molar-refractivity contribution >= 4 is 15.9 Å². The third-order valence-electron chi connectivity index (χ3n) is 1.82. The molecular formula is C9H15NOSi. The number of nitrogen functional groups attached to an aromatic ring is 1. The number of rotatable bonds is 3. The highest BCUT2D eigenvalue weighted by molar-refractivity contribution is 6.11. The predicted octanol–water partition coefficient (Wildman–Crippen LogP) is 0.749. The van der Waals surface area contributed by atoms with Crippen molar-refractivity contribution in [2.45, 2.75) is 19.1 Å². The highest BCUT2D eigenvalue weighted by Gasteiger charge is 2.02. The van der Waals surface area contributed by atoms with Gasteiger partial charge in [0, 0.05) is 0 Å². The normalized spacial score (nSPS) is 12.8. The van der Waals surface area contributed by atoms with Gasteiger partial charge in [0.1, 0.15) is 5.75 Å². The molecule has 2 N–H and O–H groups in total. The lowest BCUT2D eigenvalue weighted by atomic mass is 10.3. The van der Waals surface area contributed by atoms with Gasteiger partial charge in [0.15, 0.2) is 0 Å². The molecule has 0 aliphatic carbocycles. The van der Waals surface area contributed by atoms with E-state index in [1.165, 1.54) is 0 Å². The molecule has 0 saturated carbocycles. The summed E-state index contributed by atoms with van der Waals surface area (Å²) in [5.74, 6) is 0.819. The molecule has 0 aliphatic heterocycles. The van der Waals surface area contributed by atoms with Crippen LogP contribution in [0.4, 0.5) is 5.69 Å². The molecule has 1 unspecified atom stereocenters. The monoisotopic (exact) mass is 181 g/mol. The second-order valence-electron chi connectivity index (χ2n) is 2.87. The van der Waals surface area contributed by atoms with Crippen molar-refractivity contribution in [3.8, 4) is 5.75 Å². The second-order valence-corrected chi connectivity index (χ2v) is 4.16. The maximum Gasteiger partial charge on any atom is 0.142 e. The first kappa shape index (κ1) is 9.13. The molecule has 0 aliphatic rings. The van der Waals surface area contributed by atoms with Gasteiger partial charge in [-0.1, -0.05) is 19.1 Å². The molecule has 1 aromatic carbocycles. The zero-order chi connectivity index (χ0) is 8.97. The summed E-state index contributed by atoms with van der Waals surface area (Å²) in [5, 5.41) is 0. The lowest BCUT2D eigenvalue weighted by Crippen LogP contribution is -2.15. The van der Waals surface area contributed by atoms with Gasteiger partial charge >= 0.3 is 0 Å². The molecule has 66 valence electrons. The Labute approximate surface area is 76.2 Å². The van der Waals surface area contributed by atoms with Crippen LogP contribution in [-0.4, -0.2) is 16.0 Å². The van der Waals surface area contributed by atoms with E-state index < -0.39 is 0 Å². The Bertz CT molecular complexity index is 252. The fourth-order valence-electron chi connectivity index (χ4n) is 0.888. The van der Waals surface area contributed by atoms with Crippen molar-refractivity contribution in [1.29, 1.82) is 0 Å². The largest absolute Gasteiger partial charge is 0.493 e. The van der Waals surface area contributed by atoms with E-state index in [1.807, 2.05) is 24.3 Å². The molecular weight excluding hydrogens is 166 g/mol. The van der Waals surface area contributed by atoms with Crippen molar-refractivity contribution in [2.24, 2.45) is 0 Å². The van der Waals surface area contributed by atoms with E-state index in [-0.39, 0.29) is 0 Å². The van der Waals surface area contributed by atoms with Crippen LogP contribution in [0.3, 0.4) is 0 Å². The molecule has 0 fully saturated rings. The van der Waals surface area contributed by atoms with Crippen LogP contribution < -0.4 is 10.5 Å². The number of nitrogens with two attached hydrogens (primary N) is 1. The predicted molar refractivity (Wildman–Crippen MR) is 55.5 cm³/mol. The quantitative estimate of drug-likeness (QED) is 0.551. The lowest BCUT2D eigenvalue weighted by Gasteiger charge is -2.13. The number of hydrogen-bond donors (Lipinski definition) is 1. The van der Waals surface area contributed by atoms with Crippen LogP contribution in [0.25, 0.3) is 0 Å². The van der Waals surface area contributed by atoms with Gasteiger partial charge in [-0.2, -0.15) is 0 Å². The Hall–Kier alpha value is -0.963. The van der Waals surface area contributed by atoms with Crippen molar-refractivity contribution in [2.75, 3.05) is 5.73 Å². The molecule has 3 heteroatoms. The minimum Gasteiger partial charge on any atom is -0.493 e. The summed E-state index contributed by atoms with van der Waals surface area (Å²) in [6.07, 6.45) is 1.06. The number of hydrogen-bond acceptors (Lipinski definition) is 2. The summed E-state index contributed by atoms with van der Waals surface area (Å²) in [7, 11) is 1.04. The standard InChI is InChI=1S/C9H15NOSi/c1-2-9(12)11-8-6-4-3-5-7(8)10/h3-6,9H,2,10H2,1,12H3. The Balaban J connectivity index is 2.69. The van der Waals surface area contributed by atoms with E-state index in [2.05, 4.69) is 6.92 Å². The van der Waals surface area contributed by atoms with Gasteiger partial charge in [-0.25, -0.2) is 0 Å². The van der Waals surface area contributed by atoms with Crippen molar-refractivity contribution in [3.63, 3.8) is 0 Å². The van der Waals surface area contributed by atoms with Gasteiger partial charge in [-0.3, -0.25) is 0 Å². The van der Waals surface area contributed by atoms with Crippen molar-refractivity contribution < 1.29 is 4.74 Å². The summed E-state index contributed by atoms with van der Waals surface area (Å²) in [5.41, 5.74) is 6.81. The highest BCUT2D eigenvalue weighted by Crippen LogP contribution is 2.20. The van der Waals surface area contributed by atoms with Crippen molar-refractivity contribution in [1.82, 2.24) is 0 Å². The number of anilines is 1. The first-order valence-corrected chi connectivity index (χ1v) is 5.40. The molecule has 1 atom stereocenters. The Morgan fingerprint density at radius 2 is 2.17 bits per heavy atom. The van der Waals surface area contributed by atoms with Crippen LogP contribution >= 0.6 is 0 Å². The molecule has 1 aromatic rings. The summed E-state index contributed by atoms with van der Waals surface area (Å²) >= 11 is 0. The average molecular weight is 181 g/mol. The Morgan fingerprint density at radius 1 is 1.50 bits per heavy atom. The maximum atomic E-state index is 5.71. The van der Waals surface area contributed by atoms with Gasteiger partial charge in [0.25, 0.3) is 0 Å². The van der Waals surface area contributed by atoms with Crippen LogP contribution in [0, 0.1) is 0 Å². The van der Waals surface area contributed by atoms with Crippen LogP contribution in [0.5, 0.6) is 5.75 Å². The first-order chi connectivity index (χ1) is 5.74. The molecule has 0 bridgehead atoms. The fourth-order valence-corrected chi connectivity index (χ4v) is 1.14. The van der Waals surface area contributed by atoms with E-state index in [4.69, 9.17) is 10.5 Å². The maximum absolute atomic E-state index is 5.71. The zero-order valence-corrected chi connectivity index (χ0v) is 9.58.